The summed E-state index contributed by atoms with van der Waals surface area (Å²) in [6.07, 6.45) is 0.575. The van der Waals surface area contributed by atoms with Crippen molar-refractivity contribution in [1.82, 2.24) is 10.3 Å². The number of aromatic nitrogens is 1. The van der Waals surface area contributed by atoms with Crippen molar-refractivity contribution in [3.8, 4) is 0 Å². The van der Waals surface area contributed by atoms with Crippen LogP contribution in [-0.2, 0) is 6.42 Å². The van der Waals surface area contributed by atoms with E-state index in [2.05, 4.69) is 10.3 Å². The second-order valence-electron chi connectivity index (χ2n) is 4.02. The van der Waals surface area contributed by atoms with E-state index in [0.717, 1.165) is 5.69 Å². The first kappa shape index (κ1) is 13.9. The molecule has 2 rings (SSSR count). The summed E-state index contributed by atoms with van der Waals surface area (Å²) in [4.78, 5) is 26.3. The zero-order chi connectivity index (χ0) is 14.5. The Labute approximate surface area is 118 Å². The Balaban J connectivity index is 2.05. The maximum atomic E-state index is 12.0. The molecule has 8 heteroatoms. The molecule has 0 radical (unpaired) electrons. The lowest BCUT2D eigenvalue weighted by atomic mass is 10.1. The van der Waals surface area contributed by atoms with Gasteiger partial charge in [-0.25, -0.2) is 4.98 Å². The predicted molar refractivity (Wildman–Crippen MR) is 75.7 cm³/mol. The fraction of sp³-hybridized carbons (Fsp3) is 0.167. The lowest BCUT2D eigenvalue weighted by Gasteiger charge is -2.05. The van der Waals surface area contributed by atoms with Gasteiger partial charge in [-0.2, -0.15) is 0 Å². The molecule has 2 aromatic rings. The third-order valence-electron chi connectivity index (χ3n) is 2.61. The number of hydrogen-bond acceptors (Lipinski definition) is 6. The molecule has 0 spiro atoms. The van der Waals surface area contributed by atoms with Gasteiger partial charge in [0.25, 0.3) is 11.6 Å². The first-order valence-electron chi connectivity index (χ1n) is 5.77. The van der Waals surface area contributed by atoms with Crippen molar-refractivity contribution in [2.24, 2.45) is 0 Å². The molecule has 1 heterocycles. The van der Waals surface area contributed by atoms with E-state index in [0.29, 0.717) is 18.7 Å². The van der Waals surface area contributed by atoms with Crippen LogP contribution in [0.15, 0.2) is 29.1 Å². The summed E-state index contributed by atoms with van der Waals surface area (Å²) in [5.41, 5.74) is 8.15. The average Bonchev–Trinajstić information content (AvgIpc) is 2.91. The number of nitrogens with one attached hydrogen (secondary N) is 1. The van der Waals surface area contributed by atoms with Gasteiger partial charge in [0.15, 0.2) is 0 Å². The van der Waals surface area contributed by atoms with Crippen molar-refractivity contribution in [1.29, 1.82) is 0 Å². The maximum Gasteiger partial charge on any atom is 0.282 e. The first-order valence-corrected chi connectivity index (χ1v) is 6.71. The summed E-state index contributed by atoms with van der Waals surface area (Å²) in [6, 6.07) is 3.92. The summed E-state index contributed by atoms with van der Waals surface area (Å²) in [6.45, 7) is 0.356. The molecule has 0 atom stereocenters. The van der Waals surface area contributed by atoms with Crippen LogP contribution in [0.25, 0.3) is 0 Å². The number of nitrogens with two attached hydrogens (primary N) is 1. The highest BCUT2D eigenvalue weighted by molar-refractivity contribution is 7.07. The molecule has 1 aromatic heterocycles. The van der Waals surface area contributed by atoms with Crippen molar-refractivity contribution >= 4 is 28.6 Å². The number of carbonyl (C=O) groups is 1. The van der Waals surface area contributed by atoms with E-state index >= 15 is 0 Å². The monoisotopic (exact) mass is 292 g/mol. The van der Waals surface area contributed by atoms with Gasteiger partial charge in [0, 0.05) is 30.1 Å². The number of benzene rings is 1. The number of thiazole rings is 1. The minimum Gasteiger partial charge on any atom is -0.399 e. The third-order valence-corrected chi connectivity index (χ3v) is 3.25. The Morgan fingerprint density at radius 3 is 2.95 bits per heavy atom. The number of rotatable bonds is 5. The highest BCUT2D eigenvalue weighted by atomic mass is 32.1. The van der Waals surface area contributed by atoms with Gasteiger partial charge in [-0.05, 0) is 12.1 Å². The highest BCUT2D eigenvalue weighted by Crippen LogP contribution is 2.20. The highest BCUT2D eigenvalue weighted by Gasteiger charge is 2.19. The molecule has 104 valence electrons. The smallest absolute Gasteiger partial charge is 0.282 e. The summed E-state index contributed by atoms with van der Waals surface area (Å²) in [5, 5.41) is 15.4. The first-order chi connectivity index (χ1) is 9.58. The second kappa shape index (κ2) is 6.11. The zero-order valence-electron chi connectivity index (χ0n) is 10.4. The number of nitro groups is 1. The molecule has 0 aliphatic rings. The van der Waals surface area contributed by atoms with Crippen molar-refractivity contribution in [3.05, 3.63) is 50.5 Å². The molecule has 1 amide bonds. The number of anilines is 1. The number of hydrogen-bond donors (Lipinski definition) is 2. The number of carbonyl (C=O) groups excluding carboxylic acids is 1. The van der Waals surface area contributed by atoms with E-state index in [4.69, 9.17) is 5.73 Å². The van der Waals surface area contributed by atoms with Gasteiger partial charge in [-0.1, -0.05) is 0 Å². The van der Waals surface area contributed by atoms with E-state index in [9.17, 15) is 14.9 Å². The van der Waals surface area contributed by atoms with E-state index in [-0.39, 0.29) is 11.3 Å². The Bertz CT molecular complexity index is 628. The molecule has 20 heavy (non-hydrogen) atoms. The van der Waals surface area contributed by atoms with E-state index in [1.165, 1.54) is 29.5 Å². The Kier molecular flexibility index (Phi) is 4.26. The molecule has 0 saturated heterocycles. The van der Waals surface area contributed by atoms with Crippen LogP contribution in [0.4, 0.5) is 11.4 Å². The quantitative estimate of drug-likeness (QED) is 0.494. The molecule has 0 aliphatic heterocycles. The summed E-state index contributed by atoms with van der Waals surface area (Å²) >= 11 is 1.47. The zero-order valence-corrected chi connectivity index (χ0v) is 11.2. The molecule has 0 bridgehead atoms. The van der Waals surface area contributed by atoms with Crippen molar-refractivity contribution in [2.75, 3.05) is 12.3 Å². The van der Waals surface area contributed by atoms with Gasteiger partial charge in [0.2, 0.25) is 0 Å². The molecule has 3 N–H and O–H groups in total. The predicted octanol–water partition coefficient (Wildman–Crippen LogP) is 1.61. The minimum absolute atomic E-state index is 0.0340. The molecular weight excluding hydrogens is 280 g/mol. The SMILES string of the molecule is Nc1ccc([N+](=O)[O-])c(C(=O)NCCc2cscn2)c1. The van der Waals surface area contributed by atoms with Gasteiger partial charge >= 0.3 is 0 Å². The van der Waals surface area contributed by atoms with E-state index in [1.807, 2.05) is 5.38 Å². The van der Waals surface area contributed by atoms with Crippen LogP contribution < -0.4 is 11.1 Å². The molecular formula is C12H12N4O3S. The maximum absolute atomic E-state index is 12.0. The molecule has 0 saturated carbocycles. The summed E-state index contributed by atoms with van der Waals surface area (Å²) in [7, 11) is 0. The standard InChI is InChI=1S/C12H12N4O3S/c13-8-1-2-11(16(18)19)10(5-8)12(17)14-4-3-9-6-20-7-15-9/h1-2,5-7H,3-4,13H2,(H,14,17). The van der Waals surface area contributed by atoms with Gasteiger partial charge < -0.3 is 11.1 Å². The van der Waals surface area contributed by atoms with Crippen molar-refractivity contribution < 1.29 is 9.72 Å². The topological polar surface area (TPSA) is 111 Å². The number of nitro benzene ring substituents is 1. The van der Waals surface area contributed by atoms with Crippen LogP contribution in [0.3, 0.4) is 0 Å². The molecule has 0 aliphatic carbocycles. The fourth-order valence-electron chi connectivity index (χ4n) is 1.66. The number of nitrogen functional groups attached to an aromatic ring is 1. The molecule has 0 unspecified atom stereocenters. The largest absolute Gasteiger partial charge is 0.399 e. The Hall–Kier alpha value is -2.48. The number of amides is 1. The van der Waals surface area contributed by atoms with E-state index in [1.54, 1.807) is 5.51 Å². The van der Waals surface area contributed by atoms with Crippen LogP contribution in [0.1, 0.15) is 16.1 Å². The Morgan fingerprint density at radius 1 is 1.50 bits per heavy atom. The van der Waals surface area contributed by atoms with Crippen LogP contribution >= 0.6 is 11.3 Å². The van der Waals surface area contributed by atoms with Crippen LogP contribution in [0, 0.1) is 10.1 Å². The summed E-state index contributed by atoms with van der Waals surface area (Å²) < 4.78 is 0. The van der Waals surface area contributed by atoms with Crippen molar-refractivity contribution in [2.45, 2.75) is 6.42 Å². The van der Waals surface area contributed by atoms with Crippen LogP contribution in [-0.4, -0.2) is 22.4 Å². The fourth-order valence-corrected chi connectivity index (χ4v) is 2.25. The lowest BCUT2D eigenvalue weighted by Crippen LogP contribution is -2.26. The molecule has 1 aromatic carbocycles. The minimum atomic E-state index is -0.602. The van der Waals surface area contributed by atoms with Gasteiger partial charge in [0.1, 0.15) is 5.56 Å². The second-order valence-corrected chi connectivity index (χ2v) is 4.74. The normalized spacial score (nSPS) is 10.2. The van der Waals surface area contributed by atoms with E-state index < -0.39 is 10.8 Å². The van der Waals surface area contributed by atoms with Gasteiger partial charge in [-0.3, -0.25) is 14.9 Å². The average molecular weight is 292 g/mol. The van der Waals surface area contributed by atoms with Crippen LogP contribution in [0.2, 0.25) is 0 Å². The van der Waals surface area contributed by atoms with Gasteiger partial charge in [-0.15, -0.1) is 11.3 Å². The van der Waals surface area contributed by atoms with Gasteiger partial charge in [0.05, 0.1) is 16.1 Å². The third kappa shape index (κ3) is 3.29. The lowest BCUT2D eigenvalue weighted by molar-refractivity contribution is -0.385. The summed E-state index contributed by atoms with van der Waals surface area (Å²) in [5.74, 6) is -0.515. The van der Waals surface area contributed by atoms with Crippen molar-refractivity contribution in [3.63, 3.8) is 0 Å². The molecule has 7 nitrogen and oxygen atoms in total. The number of nitrogens with zero attached hydrogens (tertiary/aromatic N) is 2. The Morgan fingerprint density at radius 2 is 2.30 bits per heavy atom. The van der Waals surface area contributed by atoms with Crippen LogP contribution in [0.5, 0.6) is 0 Å². The molecule has 0 fully saturated rings.